The van der Waals surface area contributed by atoms with Crippen LogP contribution in [-0.2, 0) is 19.6 Å². The summed E-state index contributed by atoms with van der Waals surface area (Å²) in [7, 11) is -2.78. The minimum absolute atomic E-state index is 0.0195. The van der Waals surface area contributed by atoms with Crippen molar-refractivity contribution >= 4 is 22.2 Å². The van der Waals surface area contributed by atoms with Crippen LogP contribution in [0.25, 0.3) is 6.08 Å². The van der Waals surface area contributed by atoms with Gasteiger partial charge >= 0.3 is 16.1 Å². The summed E-state index contributed by atoms with van der Waals surface area (Å²) >= 11 is 0. The SMILES string of the molecule is CCCCOc1cc(/C=C(/OC)C(=O)O)ccc1OS(=O)(=O)c1ccccc1. The number of hydrogen-bond acceptors (Lipinski definition) is 6. The van der Waals surface area contributed by atoms with Gasteiger partial charge in [-0.05, 0) is 42.3 Å². The summed E-state index contributed by atoms with van der Waals surface area (Å²) in [5, 5.41) is 9.08. The zero-order valence-corrected chi connectivity index (χ0v) is 16.4. The highest BCUT2D eigenvalue weighted by Crippen LogP contribution is 2.32. The van der Waals surface area contributed by atoms with Crippen LogP contribution in [0.1, 0.15) is 25.3 Å². The smallest absolute Gasteiger partial charge is 0.371 e. The number of rotatable bonds is 10. The Bertz CT molecular complexity index is 934. The van der Waals surface area contributed by atoms with Crippen molar-refractivity contribution in [1.29, 1.82) is 0 Å². The van der Waals surface area contributed by atoms with Gasteiger partial charge in [0.25, 0.3) is 0 Å². The van der Waals surface area contributed by atoms with Gasteiger partial charge in [0, 0.05) is 0 Å². The summed E-state index contributed by atoms with van der Waals surface area (Å²) < 4.78 is 40.7. The lowest BCUT2D eigenvalue weighted by Crippen LogP contribution is -2.11. The fraction of sp³-hybridized carbons (Fsp3) is 0.250. The van der Waals surface area contributed by atoms with Crippen molar-refractivity contribution < 1.29 is 32.0 Å². The fourth-order valence-electron chi connectivity index (χ4n) is 2.24. The number of carboxylic acid groups (broad SMARTS) is 1. The Labute approximate surface area is 164 Å². The monoisotopic (exact) mass is 406 g/mol. The first-order valence-corrected chi connectivity index (χ1v) is 10.0. The molecule has 0 aliphatic heterocycles. The predicted molar refractivity (Wildman–Crippen MR) is 104 cm³/mol. The van der Waals surface area contributed by atoms with Crippen LogP contribution >= 0.6 is 0 Å². The lowest BCUT2D eigenvalue weighted by molar-refractivity contribution is -0.135. The predicted octanol–water partition coefficient (Wildman–Crippen LogP) is 3.71. The Kier molecular flexibility index (Phi) is 7.45. The molecule has 7 nitrogen and oxygen atoms in total. The Morgan fingerprint density at radius 1 is 1.11 bits per heavy atom. The summed E-state index contributed by atoms with van der Waals surface area (Å²) in [5.74, 6) is -1.26. The number of aliphatic carboxylic acids is 1. The molecule has 0 heterocycles. The van der Waals surface area contributed by atoms with E-state index in [2.05, 4.69) is 0 Å². The molecule has 0 amide bonds. The largest absolute Gasteiger partial charge is 0.490 e. The Morgan fingerprint density at radius 2 is 1.82 bits per heavy atom. The summed E-state index contributed by atoms with van der Waals surface area (Å²) in [6.07, 6.45) is 2.97. The van der Waals surface area contributed by atoms with Gasteiger partial charge in [0.2, 0.25) is 5.76 Å². The summed E-state index contributed by atoms with van der Waals surface area (Å²) in [5.41, 5.74) is 0.468. The number of benzene rings is 2. The molecule has 0 unspecified atom stereocenters. The van der Waals surface area contributed by atoms with Crippen LogP contribution in [0.2, 0.25) is 0 Å². The first-order chi connectivity index (χ1) is 13.4. The molecule has 2 rings (SSSR count). The first-order valence-electron chi connectivity index (χ1n) is 8.62. The molecule has 8 heteroatoms. The lowest BCUT2D eigenvalue weighted by atomic mass is 10.2. The number of ether oxygens (including phenoxy) is 2. The maximum absolute atomic E-state index is 12.5. The van der Waals surface area contributed by atoms with Gasteiger partial charge in [-0.3, -0.25) is 0 Å². The highest BCUT2D eigenvalue weighted by Gasteiger charge is 2.19. The molecule has 0 aromatic heterocycles. The average molecular weight is 406 g/mol. The summed E-state index contributed by atoms with van der Waals surface area (Å²) in [6.45, 7) is 2.36. The van der Waals surface area contributed by atoms with E-state index in [1.165, 1.54) is 43.5 Å². The number of carbonyl (C=O) groups is 1. The quantitative estimate of drug-likeness (QED) is 0.278. The van der Waals surface area contributed by atoms with E-state index in [1.807, 2.05) is 6.92 Å². The van der Waals surface area contributed by atoms with Crippen LogP contribution in [0.4, 0.5) is 0 Å². The van der Waals surface area contributed by atoms with Gasteiger partial charge in [0.1, 0.15) is 4.90 Å². The van der Waals surface area contributed by atoms with E-state index in [4.69, 9.17) is 18.8 Å². The molecular weight excluding hydrogens is 384 g/mol. The molecule has 0 fully saturated rings. The van der Waals surface area contributed by atoms with Crippen molar-refractivity contribution in [3.63, 3.8) is 0 Å². The van der Waals surface area contributed by atoms with Crippen molar-refractivity contribution in [2.45, 2.75) is 24.7 Å². The van der Waals surface area contributed by atoms with Crippen molar-refractivity contribution in [3.05, 3.63) is 59.9 Å². The summed E-state index contributed by atoms with van der Waals surface area (Å²) in [6, 6.07) is 12.2. The van der Waals surface area contributed by atoms with Crippen molar-refractivity contribution in [3.8, 4) is 11.5 Å². The second-order valence-corrected chi connectivity index (χ2v) is 7.32. The molecule has 150 valence electrons. The van der Waals surface area contributed by atoms with Gasteiger partial charge in [-0.1, -0.05) is 37.6 Å². The number of unbranched alkanes of at least 4 members (excludes halogenated alkanes) is 1. The maximum Gasteiger partial charge on any atom is 0.371 e. The van der Waals surface area contributed by atoms with Crippen LogP contribution in [0.3, 0.4) is 0 Å². The third-order valence-electron chi connectivity index (χ3n) is 3.68. The van der Waals surface area contributed by atoms with Gasteiger partial charge < -0.3 is 18.8 Å². The van der Waals surface area contributed by atoms with Crippen molar-refractivity contribution in [1.82, 2.24) is 0 Å². The number of methoxy groups -OCH3 is 1. The van der Waals surface area contributed by atoms with Crippen LogP contribution in [0.5, 0.6) is 11.5 Å². The molecule has 0 bridgehead atoms. The average Bonchev–Trinajstić information content (AvgIpc) is 2.68. The summed E-state index contributed by atoms with van der Waals surface area (Å²) in [4.78, 5) is 11.1. The third-order valence-corrected chi connectivity index (χ3v) is 4.93. The Morgan fingerprint density at radius 3 is 2.43 bits per heavy atom. The Hall–Kier alpha value is -3.00. The molecular formula is C20H22O7S. The van der Waals surface area contributed by atoms with Gasteiger partial charge in [-0.25, -0.2) is 4.79 Å². The van der Waals surface area contributed by atoms with Gasteiger partial charge in [0.05, 0.1) is 13.7 Å². The van der Waals surface area contributed by atoms with Crippen LogP contribution in [-0.4, -0.2) is 33.2 Å². The van der Waals surface area contributed by atoms with Gasteiger partial charge in [-0.15, -0.1) is 0 Å². The number of carboxylic acids is 1. The maximum atomic E-state index is 12.5. The molecule has 0 atom stereocenters. The fourth-order valence-corrected chi connectivity index (χ4v) is 3.20. The third kappa shape index (κ3) is 5.75. The zero-order chi connectivity index (χ0) is 20.6. The second-order valence-electron chi connectivity index (χ2n) is 5.78. The van der Waals surface area contributed by atoms with E-state index >= 15 is 0 Å². The topological polar surface area (TPSA) is 99.1 Å². The van der Waals surface area contributed by atoms with E-state index in [-0.39, 0.29) is 22.2 Å². The molecule has 0 aliphatic rings. The van der Waals surface area contributed by atoms with E-state index in [1.54, 1.807) is 18.2 Å². The van der Waals surface area contributed by atoms with Gasteiger partial charge in [-0.2, -0.15) is 8.42 Å². The van der Waals surface area contributed by atoms with Crippen molar-refractivity contribution in [2.24, 2.45) is 0 Å². The van der Waals surface area contributed by atoms with E-state index in [9.17, 15) is 13.2 Å². The molecule has 0 saturated heterocycles. The molecule has 0 radical (unpaired) electrons. The van der Waals surface area contributed by atoms with Crippen LogP contribution < -0.4 is 8.92 Å². The van der Waals surface area contributed by atoms with Crippen LogP contribution in [0.15, 0.2) is 59.2 Å². The highest BCUT2D eigenvalue weighted by atomic mass is 32.2. The molecule has 0 saturated carbocycles. The standard InChI is InChI=1S/C20H22O7S/c1-3-4-12-26-18-13-15(14-19(25-2)20(21)22)10-11-17(18)27-28(23,24)16-8-6-5-7-9-16/h5-11,13-14H,3-4,12H2,1-2H3,(H,21,22)/b19-14+. The van der Waals surface area contributed by atoms with Crippen molar-refractivity contribution in [2.75, 3.05) is 13.7 Å². The lowest BCUT2D eigenvalue weighted by Gasteiger charge is -2.13. The molecule has 2 aromatic carbocycles. The normalized spacial score (nSPS) is 11.7. The molecule has 0 aliphatic carbocycles. The zero-order valence-electron chi connectivity index (χ0n) is 15.6. The molecule has 1 N–H and O–H groups in total. The molecule has 28 heavy (non-hydrogen) atoms. The van der Waals surface area contributed by atoms with Gasteiger partial charge in [0.15, 0.2) is 11.5 Å². The van der Waals surface area contributed by atoms with E-state index in [0.29, 0.717) is 12.2 Å². The van der Waals surface area contributed by atoms with Crippen LogP contribution in [0, 0.1) is 0 Å². The van der Waals surface area contributed by atoms with E-state index in [0.717, 1.165) is 12.8 Å². The van der Waals surface area contributed by atoms with E-state index < -0.39 is 16.1 Å². The molecule has 0 spiro atoms. The Balaban J connectivity index is 2.38. The first kappa shape index (κ1) is 21.3. The molecule has 2 aromatic rings. The second kappa shape index (κ2) is 9.80. The highest BCUT2D eigenvalue weighted by molar-refractivity contribution is 7.87. The minimum atomic E-state index is -4.03. The number of hydrogen-bond donors (Lipinski definition) is 1. The minimum Gasteiger partial charge on any atom is -0.490 e.